The maximum absolute atomic E-state index is 12.0. The number of aromatic nitrogens is 1. The van der Waals surface area contributed by atoms with Gasteiger partial charge in [0, 0.05) is 6.04 Å². The number of amides is 1. The minimum Gasteiger partial charge on any atom is -0.455 e. The number of hydrogen-bond acceptors (Lipinski definition) is 4. The van der Waals surface area contributed by atoms with Crippen molar-refractivity contribution in [1.82, 2.24) is 10.3 Å². The van der Waals surface area contributed by atoms with Crippen LogP contribution in [-0.2, 0) is 0 Å². The minimum atomic E-state index is -0.119. The molecule has 1 fully saturated rings. The van der Waals surface area contributed by atoms with E-state index in [1.807, 2.05) is 60.7 Å². The van der Waals surface area contributed by atoms with Crippen LogP contribution in [0.2, 0.25) is 0 Å². The summed E-state index contributed by atoms with van der Waals surface area (Å²) in [7, 11) is 0. The van der Waals surface area contributed by atoms with Gasteiger partial charge in [-0.25, -0.2) is 4.98 Å². The minimum absolute atomic E-state index is 0.119. The van der Waals surface area contributed by atoms with Crippen molar-refractivity contribution in [2.75, 3.05) is 5.32 Å². The Morgan fingerprint density at radius 3 is 2.46 bits per heavy atom. The SMILES string of the molecule is O=C(NC1CC1)c1ccc(Nc2ccccc2Oc2ccccc2)cn1. The van der Waals surface area contributed by atoms with Crippen molar-refractivity contribution in [3.05, 3.63) is 78.6 Å². The van der Waals surface area contributed by atoms with E-state index in [2.05, 4.69) is 15.6 Å². The van der Waals surface area contributed by atoms with Gasteiger partial charge in [0.05, 0.1) is 17.6 Å². The molecule has 0 aliphatic heterocycles. The Morgan fingerprint density at radius 1 is 0.962 bits per heavy atom. The molecule has 4 rings (SSSR count). The van der Waals surface area contributed by atoms with Gasteiger partial charge in [-0.15, -0.1) is 0 Å². The van der Waals surface area contributed by atoms with Crippen molar-refractivity contribution in [1.29, 1.82) is 0 Å². The van der Waals surface area contributed by atoms with Gasteiger partial charge >= 0.3 is 0 Å². The van der Waals surface area contributed by atoms with Gasteiger partial charge in [0.1, 0.15) is 11.4 Å². The number of anilines is 2. The van der Waals surface area contributed by atoms with Gasteiger partial charge in [0.25, 0.3) is 5.91 Å². The molecule has 130 valence electrons. The molecule has 0 spiro atoms. The van der Waals surface area contributed by atoms with Gasteiger partial charge in [0.2, 0.25) is 0 Å². The van der Waals surface area contributed by atoms with Crippen molar-refractivity contribution in [2.45, 2.75) is 18.9 Å². The van der Waals surface area contributed by atoms with Crippen molar-refractivity contribution < 1.29 is 9.53 Å². The average molecular weight is 345 g/mol. The van der Waals surface area contributed by atoms with E-state index in [4.69, 9.17) is 4.74 Å². The number of carbonyl (C=O) groups excluding carboxylic acids is 1. The second-order valence-corrected chi connectivity index (χ2v) is 6.22. The van der Waals surface area contributed by atoms with Crippen molar-refractivity contribution in [3.63, 3.8) is 0 Å². The topological polar surface area (TPSA) is 63.2 Å². The molecule has 1 saturated carbocycles. The molecule has 2 N–H and O–H groups in total. The summed E-state index contributed by atoms with van der Waals surface area (Å²) in [6, 6.07) is 21.2. The second kappa shape index (κ2) is 7.27. The summed E-state index contributed by atoms with van der Waals surface area (Å²) in [4.78, 5) is 16.3. The molecule has 5 nitrogen and oxygen atoms in total. The van der Waals surface area contributed by atoms with E-state index >= 15 is 0 Å². The Bertz CT molecular complexity index is 891. The number of ether oxygens (including phenoxy) is 1. The van der Waals surface area contributed by atoms with Crippen LogP contribution in [0.5, 0.6) is 11.5 Å². The fourth-order valence-corrected chi connectivity index (χ4v) is 2.52. The lowest BCUT2D eigenvalue weighted by molar-refractivity contribution is 0.0946. The summed E-state index contributed by atoms with van der Waals surface area (Å²) in [6.45, 7) is 0. The molecule has 1 amide bonds. The lowest BCUT2D eigenvalue weighted by atomic mass is 10.2. The van der Waals surface area contributed by atoms with Crippen molar-refractivity contribution in [3.8, 4) is 11.5 Å². The smallest absolute Gasteiger partial charge is 0.270 e. The monoisotopic (exact) mass is 345 g/mol. The fourth-order valence-electron chi connectivity index (χ4n) is 2.52. The molecule has 26 heavy (non-hydrogen) atoms. The van der Waals surface area contributed by atoms with Crippen molar-refractivity contribution >= 4 is 17.3 Å². The number of hydrogen-bond donors (Lipinski definition) is 2. The fraction of sp³-hybridized carbons (Fsp3) is 0.143. The van der Waals surface area contributed by atoms with Gasteiger partial charge in [0.15, 0.2) is 5.75 Å². The van der Waals surface area contributed by atoms with Crippen LogP contribution in [0.4, 0.5) is 11.4 Å². The van der Waals surface area contributed by atoms with E-state index < -0.39 is 0 Å². The highest BCUT2D eigenvalue weighted by Crippen LogP contribution is 2.31. The molecule has 0 bridgehead atoms. The van der Waals surface area contributed by atoms with Crippen LogP contribution < -0.4 is 15.4 Å². The first kappa shape index (κ1) is 16.1. The Hall–Kier alpha value is -3.34. The highest BCUT2D eigenvalue weighted by molar-refractivity contribution is 5.92. The zero-order valence-electron chi connectivity index (χ0n) is 14.2. The third kappa shape index (κ3) is 4.00. The first-order valence-corrected chi connectivity index (χ1v) is 8.64. The standard InChI is InChI=1S/C21H19N3O2/c25-21(24-15-10-11-15)19-13-12-16(14-22-19)23-18-8-4-5-9-20(18)26-17-6-2-1-3-7-17/h1-9,12-15,23H,10-11H2,(H,24,25). The molecule has 1 heterocycles. The Morgan fingerprint density at radius 2 is 1.73 bits per heavy atom. The summed E-state index contributed by atoms with van der Waals surface area (Å²) < 4.78 is 5.95. The van der Waals surface area contributed by atoms with E-state index in [1.54, 1.807) is 12.3 Å². The quantitative estimate of drug-likeness (QED) is 0.690. The zero-order valence-corrected chi connectivity index (χ0v) is 14.2. The number of nitrogens with one attached hydrogen (secondary N) is 2. The third-order valence-electron chi connectivity index (χ3n) is 4.05. The molecule has 1 aromatic heterocycles. The van der Waals surface area contributed by atoms with Crippen LogP contribution in [0.1, 0.15) is 23.3 Å². The van der Waals surface area contributed by atoms with E-state index in [0.717, 1.165) is 30.0 Å². The lowest BCUT2D eigenvalue weighted by Gasteiger charge is -2.13. The predicted octanol–water partition coefficient (Wildman–Crippen LogP) is 4.51. The summed E-state index contributed by atoms with van der Waals surface area (Å²) in [5.74, 6) is 1.37. The number of rotatable bonds is 6. The predicted molar refractivity (Wildman–Crippen MR) is 101 cm³/mol. The van der Waals surface area contributed by atoms with Gasteiger partial charge in [-0.1, -0.05) is 30.3 Å². The number of nitrogens with zero attached hydrogens (tertiary/aromatic N) is 1. The molecule has 0 radical (unpaired) electrons. The average Bonchev–Trinajstić information content (AvgIpc) is 3.49. The Labute approximate surface area is 152 Å². The third-order valence-corrected chi connectivity index (χ3v) is 4.05. The van der Waals surface area contributed by atoms with Crippen molar-refractivity contribution in [2.24, 2.45) is 0 Å². The summed E-state index contributed by atoms with van der Waals surface area (Å²) >= 11 is 0. The van der Waals surface area contributed by atoms with E-state index in [-0.39, 0.29) is 5.91 Å². The van der Waals surface area contributed by atoms with E-state index in [9.17, 15) is 4.79 Å². The largest absolute Gasteiger partial charge is 0.455 e. The van der Waals surface area contributed by atoms with Gasteiger partial charge in [-0.2, -0.15) is 0 Å². The summed E-state index contributed by atoms with van der Waals surface area (Å²) in [5, 5.41) is 6.23. The Balaban J connectivity index is 1.47. The zero-order chi connectivity index (χ0) is 17.8. The van der Waals surface area contributed by atoms with E-state index in [1.165, 1.54) is 0 Å². The second-order valence-electron chi connectivity index (χ2n) is 6.22. The van der Waals surface area contributed by atoms with Gasteiger partial charge < -0.3 is 15.4 Å². The molecular weight excluding hydrogens is 326 g/mol. The molecule has 2 aromatic carbocycles. The Kier molecular flexibility index (Phi) is 4.51. The number of pyridine rings is 1. The summed E-state index contributed by atoms with van der Waals surface area (Å²) in [5.41, 5.74) is 2.04. The molecule has 0 unspecified atom stereocenters. The normalized spacial score (nSPS) is 13.1. The first-order chi connectivity index (χ1) is 12.8. The maximum atomic E-state index is 12.0. The first-order valence-electron chi connectivity index (χ1n) is 8.64. The molecule has 0 saturated heterocycles. The van der Waals surface area contributed by atoms with Crippen LogP contribution in [0.3, 0.4) is 0 Å². The van der Waals surface area contributed by atoms with Gasteiger partial charge in [-0.05, 0) is 49.2 Å². The number of benzene rings is 2. The van der Waals surface area contributed by atoms with E-state index in [0.29, 0.717) is 17.5 Å². The van der Waals surface area contributed by atoms with Crippen LogP contribution in [-0.4, -0.2) is 16.9 Å². The number of carbonyl (C=O) groups is 1. The molecular formula is C21H19N3O2. The van der Waals surface area contributed by atoms with Crippen LogP contribution in [0, 0.1) is 0 Å². The van der Waals surface area contributed by atoms with Crippen LogP contribution in [0.15, 0.2) is 72.9 Å². The highest BCUT2D eigenvalue weighted by atomic mass is 16.5. The molecule has 5 heteroatoms. The highest BCUT2D eigenvalue weighted by Gasteiger charge is 2.24. The lowest BCUT2D eigenvalue weighted by Crippen LogP contribution is -2.26. The maximum Gasteiger partial charge on any atom is 0.270 e. The molecule has 1 aliphatic rings. The van der Waals surface area contributed by atoms with Crippen LogP contribution in [0.25, 0.3) is 0 Å². The van der Waals surface area contributed by atoms with Crippen LogP contribution >= 0.6 is 0 Å². The molecule has 1 aliphatic carbocycles. The molecule has 3 aromatic rings. The van der Waals surface area contributed by atoms with Gasteiger partial charge in [-0.3, -0.25) is 4.79 Å². The molecule has 0 atom stereocenters. The number of para-hydroxylation sites is 3. The summed E-state index contributed by atoms with van der Waals surface area (Å²) in [6.07, 6.45) is 3.77.